The van der Waals surface area contributed by atoms with E-state index in [9.17, 15) is 14.7 Å². The van der Waals surface area contributed by atoms with Crippen molar-refractivity contribution in [2.24, 2.45) is 5.41 Å². The van der Waals surface area contributed by atoms with E-state index < -0.39 is 11.4 Å². The van der Waals surface area contributed by atoms with Crippen LogP contribution in [0.15, 0.2) is 24.3 Å². The van der Waals surface area contributed by atoms with Crippen LogP contribution < -0.4 is 9.47 Å². The Kier molecular flexibility index (Phi) is 3.52. The van der Waals surface area contributed by atoms with Crippen LogP contribution in [0, 0.1) is 5.41 Å². The Bertz CT molecular complexity index is 654. The molecular formula is C16H17NO5. The number of benzene rings is 1. The van der Waals surface area contributed by atoms with E-state index in [4.69, 9.17) is 9.47 Å². The third kappa shape index (κ3) is 2.64. The lowest BCUT2D eigenvalue weighted by Crippen LogP contribution is -2.34. The van der Waals surface area contributed by atoms with Gasteiger partial charge in [-0.15, -0.1) is 0 Å². The van der Waals surface area contributed by atoms with Crippen molar-refractivity contribution in [2.75, 3.05) is 19.9 Å². The van der Waals surface area contributed by atoms with E-state index in [0.29, 0.717) is 24.5 Å². The zero-order valence-electron chi connectivity index (χ0n) is 12.2. The number of rotatable bonds is 3. The second-order valence-corrected chi connectivity index (χ2v) is 5.82. The third-order valence-corrected chi connectivity index (χ3v) is 4.12. The first-order chi connectivity index (χ1) is 10.5. The van der Waals surface area contributed by atoms with Crippen LogP contribution in [0.25, 0.3) is 6.08 Å². The largest absolute Gasteiger partial charge is 0.481 e. The number of likely N-dealkylation sites (tertiary alicyclic amines) is 1. The van der Waals surface area contributed by atoms with Crippen molar-refractivity contribution in [1.82, 2.24) is 4.90 Å². The number of nitrogens with zero attached hydrogens (tertiary/aromatic N) is 1. The first kappa shape index (κ1) is 14.4. The normalized spacial score (nSPS) is 23.2. The number of amides is 1. The van der Waals surface area contributed by atoms with Gasteiger partial charge in [-0.2, -0.15) is 0 Å². The van der Waals surface area contributed by atoms with Crippen molar-refractivity contribution in [3.8, 4) is 11.5 Å². The van der Waals surface area contributed by atoms with E-state index in [1.165, 1.54) is 6.08 Å². The maximum Gasteiger partial charge on any atom is 0.311 e. The van der Waals surface area contributed by atoms with Crippen LogP contribution in [-0.4, -0.2) is 41.8 Å². The Morgan fingerprint density at radius 3 is 2.82 bits per heavy atom. The van der Waals surface area contributed by atoms with E-state index in [1.54, 1.807) is 30.0 Å². The first-order valence-electron chi connectivity index (χ1n) is 7.08. The number of carboxylic acid groups (broad SMARTS) is 1. The van der Waals surface area contributed by atoms with E-state index in [1.807, 2.05) is 6.07 Å². The van der Waals surface area contributed by atoms with Gasteiger partial charge in [0.05, 0.1) is 5.41 Å². The molecule has 2 heterocycles. The molecule has 0 radical (unpaired) electrons. The van der Waals surface area contributed by atoms with Gasteiger partial charge in [-0.05, 0) is 37.1 Å². The number of fused-ring (bicyclic) bond motifs is 1. The van der Waals surface area contributed by atoms with E-state index >= 15 is 0 Å². The number of aliphatic carboxylic acids is 1. The minimum atomic E-state index is -0.859. The fourth-order valence-corrected chi connectivity index (χ4v) is 2.61. The summed E-state index contributed by atoms with van der Waals surface area (Å²) < 4.78 is 10.5. The highest BCUT2D eigenvalue weighted by Gasteiger charge is 2.41. The molecule has 0 aliphatic carbocycles. The third-order valence-electron chi connectivity index (χ3n) is 4.12. The molecule has 1 N–H and O–H groups in total. The fraction of sp³-hybridized carbons (Fsp3) is 0.375. The molecule has 0 bridgehead atoms. The van der Waals surface area contributed by atoms with Crippen molar-refractivity contribution in [2.45, 2.75) is 13.3 Å². The lowest BCUT2D eigenvalue weighted by atomic mass is 9.90. The maximum absolute atomic E-state index is 12.2. The Balaban J connectivity index is 1.66. The molecule has 3 rings (SSSR count). The summed E-state index contributed by atoms with van der Waals surface area (Å²) >= 11 is 0. The van der Waals surface area contributed by atoms with Gasteiger partial charge in [0.15, 0.2) is 11.5 Å². The molecule has 1 aromatic rings. The van der Waals surface area contributed by atoms with Gasteiger partial charge in [-0.25, -0.2) is 0 Å². The molecule has 1 saturated heterocycles. The number of carbonyl (C=O) groups is 2. The molecule has 1 atom stereocenters. The summed E-state index contributed by atoms with van der Waals surface area (Å²) in [5.41, 5.74) is -0.0137. The van der Waals surface area contributed by atoms with Gasteiger partial charge in [0.2, 0.25) is 12.7 Å². The fourth-order valence-electron chi connectivity index (χ4n) is 2.61. The molecule has 1 aromatic carbocycles. The monoisotopic (exact) mass is 303 g/mol. The molecule has 1 unspecified atom stereocenters. The smallest absolute Gasteiger partial charge is 0.311 e. The van der Waals surface area contributed by atoms with Gasteiger partial charge in [0, 0.05) is 19.2 Å². The summed E-state index contributed by atoms with van der Waals surface area (Å²) in [6, 6.07) is 5.43. The van der Waals surface area contributed by atoms with Crippen molar-refractivity contribution < 1.29 is 24.2 Å². The average molecular weight is 303 g/mol. The van der Waals surface area contributed by atoms with Crippen LogP contribution in [0.4, 0.5) is 0 Å². The van der Waals surface area contributed by atoms with Crippen LogP contribution in [0.3, 0.4) is 0 Å². The predicted octanol–water partition coefficient (Wildman–Crippen LogP) is 1.75. The quantitative estimate of drug-likeness (QED) is 0.861. The summed E-state index contributed by atoms with van der Waals surface area (Å²) in [6.45, 7) is 2.59. The van der Waals surface area contributed by atoms with Gasteiger partial charge in [-0.1, -0.05) is 6.07 Å². The van der Waals surface area contributed by atoms with Gasteiger partial charge < -0.3 is 19.5 Å². The number of carboxylic acids is 1. The van der Waals surface area contributed by atoms with Gasteiger partial charge >= 0.3 is 5.97 Å². The molecule has 22 heavy (non-hydrogen) atoms. The van der Waals surface area contributed by atoms with Crippen LogP contribution in [0.1, 0.15) is 18.9 Å². The molecule has 1 amide bonds. The zero-order valence-corrected chi connectivity index (χ0v) is 12.2. The lowest BCUT2D eigenvalue weighted by molar-refractivity contribution is -0.147. The summed E-state index contributed by atoms with van der Waals surface area (Å²) in [5, 5.41) is 9.19. The van der Waals surface area contributed by atoms with Crippen LogP contribution in [0.5, 0.6) is 11.5 Å². The van der Waals surface area contributed by atoms with Crippen molar-refractivity contribution in [3.63, 3.8) is 0 Å². The molecule has 2 aliphatic rings. The number of ether oxygens (including phenoxy) is 2. The van der Waals surface area contributed by atoms with E-state index in [2.05, 4.69) is 0 Å². The highest BCUT2D eigenvalue weighted by atomic mass is 16.7. The summed E-state index contributed by atoms with van der Waals surface area (Å²) in [6.07, 6.45) is 3.64. The maximum atomic E-state index is 12.2. The van der Waals surface area contributed by atoms with Crippen molar-refractivity contribution in [1.29, 1.82) is 0 Å². The van der Waals surface area contributed by atoms with Crippen LogP contribution >= 0.6 is 0 Å². The number of carbonyl (C=O) groups excluding carboxylic acids is 1. The standard InChI is InChI=1S/C16H17NO5/c1-16(15(19)20)6-7-17(9-16)14(18)5-3-11-2-4-12-13(8-11)22-10-21-12/h2-5,8H,6-7,9-10H2,1H3,(H,19,20). The highest BCUT2D eigenvalue weighted by Crippen LogP contribution is 2.33. The van der Waals surface area contributed by atoms with E-state index in [0.717, 1.165) is 5.56 Å². The molecule has 2 aliphatic heterocycles. The van der Waals surface area contributed by atoms with Gasteiger partial charge in [-0.3, -0.25) is 9.59 Å². The SMILES string of the molecule is CC1(C(=O)O)CCN(C(=O)C=Cc2ccc3c(c2)OCO3)C1. The molecular weight excluding hydrogens is 286 g/mol. The Labute approximate surface area is 127 Å². The van der Waals surface area contributed by atoms with Crippen LogP contribution in [-0.2, 0) is 9.59 Å². The Hall–Kier alpha value is -2.50. The van der Waals surface area contributed by atoms with Crippen molar-refractivity contribution in [3.05, 3.63) is 29.8 Å². The van der Waals surface area contributed by atoms with Crippen LogP contribution in [0.2, 0.25) is 0 Å². The minimum Gasteiger partial charge on any atom is -0.481 e. The molecule has 116 valence electrons. The summed E-state index contributed by atoms with van der Waals surface area (Å²) in [4.78, 5) is 24.9. The van der Waals surface area contributed by atoms with Gasteiger partial charge in [0.1, 0.15) is 0 Å². The zero-order chi connectivity index (χ0) is 15.7. The molecule has 0 aromatic heterocycles. The van der Waals surface area contributed by atoms with E-state index in [-0.39, 0.29) is 19.2 Å². The van der Waals surface area contributed by atoms with Crippen molar-refractivity contribution >= 4 is 18.0 Å². The summed E-state index contributed by atoms with van der Waals surface area (Å²) in [5.74, 6) is 0.319. The molecule has 0 saturated carbocycles. The number of hydrogen-bond acceptors (Lipinski definition) is 4. The second-order valence-electron chi connectivity index (χ2n) is 5.82. The average Bonchev–Trinajstić information content (AvgIpc) is 3.11. The summed E-state index contributed by atoms with van der Waals surface area (Å²) in [7, 11) is 0. The Morgan fingerprint density at radius 2 is 2.09 bits per heavy atom. The van der Waals surface area contributed by atoms with Gasteiger partial charge in [0.25, 0.3) is 0 Å². The first-order valence-corrected chi connectivity index (χ1v) is 7.08. The predicted molar refractivity (Wildman–Crippen MR) is 78.5 cm³/mol. The number of hydrogen-bond donors (Lipinski definition) is 1. The Morgan fingerprint density at radius 1 is 1.32 bits per heavy atom. The highest BCUT2D eigenvalue weighted by molar-refractivity contribution is 5.92. The topological polar surface area (TPSA) is 76.1 Å². The molecule has 1 fully saturated rings. The molecule has 6 heteroatoms. The molecule has 6 nitrogen and oxygen atoms in total. The minimum absolute atomic E-state index is 0.178. The second kappa shape index (κ2) is 5.36. The molecule has 0 spiro atoms. The lowest BCUT2D eigenvalue weighted by Gasteiger charge is -2.18.